The van der Waals surface area contributed by atoms with Crippen LogP contribution in [0, 0.1) is 5.92 Å². The second kappa shape index (κ2) is 8.02. The van der Waals surface area contributed by atoms with Crippen LogP contribution >= 0.6 is 0 Å². The Balaban J connectivity index is 1.37. The maximum Gasteiger partial charge on any atom is 0.322 e. The zero-order valence-corrected chi connectivity index (χ0v) is 15.1. The van der Waals surface area contributed by atoms with Crippen LogP contribution in [0.3, 0.4) is 0 Å². The lowest BCUT2D eigenvalue weighted by Crippen LogP contribution is -2.43. The van der Waals surface area contributed by atoms with E-state index in [9.17, 15) is 4.79 Å². The predicted octanol–water partition coefficient (Wildman–Crippen LogP) is 3.66. The Hall–Kier alpha value is -1.55. The summed E-state index contributed by atoms with van der Waals surface area (Å²) in [5, 5.41) is 3.11. The molecular weight excluding hydrogens is 298 g/mol. The minimum absolute atomic E-state index is 0.0549. The predicted molar refractivity (Wildman–Crippen MR) is 99.6 cm³/mol. The molecule has 1 aromatic carbocycles. The molecule has 0 aliphatic carbocycles. The number of carbonyl (C=O) groups is 1. The van der Waals surface area contributed by atoms with Gasteiger partial charge in [-0.25, -0.2) is 4.79 Å². The Morgan fingerprint density at radius 2 is 1.92 bits per heavy atom. The van der Waals surface area contributed by atoms with Crippen molar-refractivity contribution in [2.45, 2.75) is 52.0 Å². The number of amides is 2. The van der Waals surface area contributed by atoms with Gasteiger partial charge in [0.1, 0.15) is 0 Å². The van der Waals surface area contributed by atoms with Gasteiger partial charge in [-0.3, -0.25) is 4.90 Å². The summed E-state index contributed by atoms with van der Waals surface area (Å²) in [5.74, 6) is 0.894. The highest BCUT2D eigenvalue weighted by Gasteiger charge is 2.30. The van der Waals surface area contributed by atoms with Gasteiger partial charge in [0.2, 0.25) is 0 Å². The van der Waals surface area contributed by atoms with Gasteiger partial charge in [0.25, 0.3) is 0 Å². The first kappa shape index (κ1) is 17.3. The molecule has 1 unspecified atom stereocenters. The van der Waals surface area contributed by atoms with Gasteiger partial charge in [-0.2, -0.15) is 0 Å². The summed E-state index contributed by atoms with van der Waals surface area (Å²) in [6.07, 6.45) is 5.85. The van der Waals surface area contributed by atoms with Gasteiger partial charge in [0, 0.05) is 18.3 Å². The number of nitrogens with one attached hydrogen (secondary N) is 1. The summed E-state index contributed by atoms with van der Waals surface area (Å²) in [6.45, 7) is 8.91. The number of anilines is 1. The standard InChI is InChI=1S/C20H31N3O/c1-16-9-13-22(14-10-16)12-6-5-11-21-20(24)23-17(2)15-18-7-3-4-8-19(18)23/h3-4,7-8,16-17H,5-6,9-15H2,1-2H3,(H,21,24). The van der Waals surface area contributed by atoms with Crippen molar-refractivity contribution < 1.29 is 4.79 Å². The van der Waals surface area contributed by atoms with Crippen LogP contribution in [0.5, 0.6) is 0 Å². The van der Waals surface area contributed by atoms with E-state index in [4.69, 9.17) is 0 Å². The van der Waals surface area contributed by atoms with Crippen molar-refractivity contribution >= 4 is 11.7 Å². The van der Waals surface area contributed by atoms with E-state index in [1.165, 1.54) is 44.5 Å². The molecule has 4 heteroatoms. The first-order valence-electron chi connectivity index (χ1n) is 9.52. The van der Waals surface area contributed by atoms with Gasteiger partial charge in [-0.05, 0) is 76.2 Å². The number of hydrogen-bond acceptors (Lipinski definition) is 2. The molecule has 3 rings (SSSR count). The monoisotopic (exact) mass is 329 g/mol. The molecule has 0 aromatic heterocycles. The van der Waals surface area contributed by atoms with Crippen molar-refractivity contribution in [3.8, 4) is 0 Å². The third-order valence-corrected chi connectivity index (χ3v) is 5.48. The molecule has 0 saturated carbocycles. The van der Waals surface area contributed by atoms with E-state index in [-0.39, 0.29) is 12.1 Å². The van der Waals surface area contributed by atoms with E-state index in [0.717, 1.165) is 31.0 Å². The normalized spacial score (nSPS) is 21.8. The first-order valence-corrected chi connectivity index (χ1v) is 9.52. The molecule has 2 heterocycles. The Labute approximate surface area is 146 Å². The average Bonchev–Trinajstić information content (AvgIpc) is 2.92. The van der Waals surface area contributed by atoms with E-state index >= 15 is 0 Å². The molecule has 0 spiro atoms. The molecule has 1 saturated heterocycles. The number of carbonyl (C=O) groups excluding carboxylic acids is 1. The van der Waals surface area contributed by atoms with Crippen LogP contribution in [-0.2, 0) is 6.42 Å². The SMILES string of the molecule is CC1CCN(CCCCNC(=O)N2c3ccccc3CC2C)CC1. The summed E-state index contributed by atoms with van der Waals surface area (Å²) in [6, 6.07) is 8.54. The number of para-hydroxylation sites is 1. The van der Waals surface area contributed by atoms with Crippen molar-refractivity contribution in [3.05, 3.63) is 29.8 Å². The highest BCUT2D eigenvalue weighted by atomic mass is 16.2. The topological polar surface area (TPSA) is 35.6 Å². The van der Waals surface area contributed by atoms with Crippen molar-refractivity contribution in [1.82, 2.24) is 10.2 Å². The summed E-state index contributed by atoms with van der Waals surface area (Å²) in [4.78, 5) is 17.0. The van der Waals surface area contributed by atoms with Crippen molar-refractivity contribution in [2.24, 2.45) is 5.92 Å². The van der Waals surface area contributed by atoms with Crippen LogP contribution in [0.25, 0.3) is 0 Å². The number of hydrogen-bond donors (Lipinski definition) is 1. The fourth-order valence-electron chi connectivity index (χ4n) is 3.90. The minimum atomic E-state index is 0.0549. The minimum Gasteiger partial charge on any atom is -0.338 e. The lowest BCUT2D eigenvalue weighted by atomic mass is 9.99. The van der Waals surface area contributed by atoms with E-state index in [0.29, 0.717) is 0 Å². The zero-order valence-electron chi connectivity index (χ0n) is 15.1. The van der Waals surface area contributed by atoms with Crippen molar-refractivity contribution in [1.29, 1.82) is 0 Å². The van der Waals surface area contributed by atoms with Gasteiger partial charge in [-0.1, -0.05) is 25.1 Å². The number of benzene rings is 1. The third kappa shape index (κ3) is 4.10. The van der Waals surface area contributed by atoms with Crippen LogP contribution in [0.1, 0.15) is 45.1 Å². The summed E-state index contributed by atoms with van der Waals surface area (Å²) in [5.41, 5.74) is 2.35. The molecule has 0 radical (unpaired) electrons. The number of unbranched alkanes of at least 4 members (excludes halogenated alkanes) is 1. The zero-order chi connectivity index (χ0) is 16.9. The number of fused-ring (bicyclic) bond motifs is 1. The van der Waals surface area contributed by atoms with Gasteiger partial charge >= 0.3 is 6.03 Å². The number of piperidine rings is 1. The Morgan fingerprint density at radius 3 is 2.71 bits per heavy atom. The Kier molecular flexibility index (Phi) is 5.77. The molecule has 2 aliphatic rings. The second-order valence-corrected chi connectivity index (χ2v) is 7.52. The number of rotatable bonds is 5. The van der Waals surface area contributed by atoms with Gasteiger partial charge in [0.15, 0.2) is 0 Å². The van der Waals surface area contributed by atoms with Crippen LogP contribution in [0.15, 0.2) is 24.3 Å². The summed E-state index contributed by atoms with van der Waals surface area (Å²) in [7, 11) is 0. The van der Waals surface area contributed by atoms with E-state index in [2.05, 4.69) is 36.2 Å². The molecule has 1 fully saturated rings. The fourth-order valence-corrected chi connectivity index (χ4v) is 3.90. The number of nitrogens with zero attached hydrogens (tertiary/aromatic N) is 2. The maximum atomic E-state index is 12.5. The molecule has 0 bridgehead atoms. The smallest absolute Gasteiger partial charge is 0.322 e. The number of likely N-dealkylation sites (tertiary alicyclic amines) is 1. The molecule has 24 heavy (non-hydrogen) atoms. The van der Waals surface area contributed by atoms with E-state index in [1.807, 2.05) is 17.0 Å². The average molecular weight is 329 g/mol. The largest absolute Gasteiger partial charge is 0.338 e. The second-order valence-electron chi connectivity index (χ2n) is 7.52. The molecule has 4 nitrogen and oxygen atoms in total. The van der Waals surface area contributed by atoms with Gasteiger partial charge in [0.05, 0.1) is 0 Å². The lowest BCUT2D eigenvalue weighted by molar-refractivity contribution is 0.189. The van der Waals surface area contributed by atoms with Crippen LogP contribution in [0.2, 0.25) is 0 Å². The van der Waals surface area contributed by atoms with Crippen molar-refractivity contribution in [2.75, 3.05) is 31.1 Å². The van der Waals surface area contributed by atoms with E-state index in [1.54, 1.807) is 0 Å². The molecule has 1 aromatic rings. The Bertz CT molecular complexity index is 552. The first-order chi connectivity index (χ1) is 11.6. The number of urea groups is 1. The van der Waals surface area contributed by atoms with Gasteiger partial charge < -0.3 is 10.2 Å². The molecule has 1 atom stereocenters. The summed E-state index contributed by atoms with van der Waals surface area (Å²) < 4.78 is 0. The lowest BCUT2D eigenvalue weighted by Gasteiger charge is -2.30. The maximum absolute atomic E-state index is 12.5. The fraction of sp³-hybridized carbons (Fsp3) is 0.650. The molecule has 132 valence electrons. The molecular formula is C20H31N3O. The van der Waals surface area contributed by atoms with Crippen LogP contribution < -0.4 is 10.2 Å². The Morgan fingerprint density at radius 1 is 1.17 bits per heavy atom. The highest BCUT2D eigenvalue weighted by molar-refractivity contribution is 5.94. The summed E-state index contributed by atoms with van der Waals surface area (Å²) >= 11 is 0. The van der Waals surface area contributed by atoms with Crippen LogP contribution in [-0.4, -0.2) is 43.2 Å². The third-order valence-electron chi connectivity index (χ3n) is 5.48. The quantitative estimate of drug-likeness (QED) is 0.837. The van der Waals surface area contributed by atoms with E-state index < -0.39 is 0 Å². The molecule has 2 aliphatic heterocycles. The van der Waals surface area contributed by atoms with Gasteiger partial charge in [-0.15, -0.1) is 0 Å². The highest BCUT2D eigenvalue weighted by Crippen LogP contribution is 2.31. The van der Waals surface area contributed by atoms with Crippen molar-refractivity contribution in [3.63, 3.8) is 0 Å². The van der Waals surface area contributed by atoms with Crippen LogP contribution in [0.4, 0.5) is 10.5 Å². The molecule has 1 N–H and O–H groups in total. The molecule has 2 amide bonds.